The third kappa shape index (κ3) is 2.88. The van der Waals surface area contributed by atoms with Crippen LogP contribution in [0.3, 0.4) is 0 Å². The molecule has 5 rings (SSSR count). The molecule has 3 N–H and O–H groups in total. The van der Waals surface area contributed by atoms with Crippen molar-refractivity contribution in [3.63, 3.8) is 0 Å². The summed E-state index contributed by atoms with van der Waals surface area (Å²) >= 11 is 0. The number of rotatable bonds is 3. The number of aromatic amines is 1. The number of piperidine rings is 1. The van der Waals surface area contributed by atoms with E-state index >= 15 is 0 Å². The van der Waals surface area contributed by atoms with Gasteiger partial charge in [-0.3, -0.25) is 10.1 Å². The van der Waals surface area contributed by atoms with Crippen LogP contribution < -0.4 is 15.5 Å². The van der Waals surface area contributed by atoms with Crippen LogP contribution in [0, 0.1) is 5.92 Å². The molecule has 0 bridgehead atoms. The predicted octanol–water partition coefficient (Wildman–Crippen LogP) is 2.40. The van der Waals surface area contributed by atoms with Crippen LogP contribution in [-0.2, 0) is 6.42 Å². The number of aromatic nitrogens is 5. The van der Waals surface area contributed by atoms with Gasteiger partial charge in [0.2, 0.25) is 0 Å². The molecular weight excluding hydrogens is 352 g/mol. The first-order valence-electron chi connectivity index (χ1n) is 10.1. The van der Waals surface area contributed by atoms with E-state index in [0.717, 1.165) is 79.5 Å². The lowest BCUT2D eigenvalue weighted by Crippen LogP contribution is -2.43. The highest BCUT2D eigenvalue weighted by atomic mass is 15.3. The van der Waals surface area contributed by atoms with Crippen molar-refractivity contribution in [3.8, 4) is 0 Å². The van der Waals surface area contributed by atoms with E-state index in [2.05, 4.69) is 38.0 Å². The van der Waals surface area contributed by atoms with Crippen molar-refractivity contribution in [2.75, 3.05) is 29.4 Å². The van der Waals surface area contributed by atoms with Crippen molar-refractivity contribution in [1.29, 1.82) is 0 Å². The number of fused-ring (bicyclic) bond motifs is 2. The molecule has 8 heteroatoms. The zero-order valence-electron chi connectivity index (χ0n) is 16.2. The van der Waals surface area contributed by atoms with Gasteiger partial charge in [0, 0.05) is 25.3 Å². The normalized spacial score (nSPS) is 22.5. The van der Waals surface area contributed by atoms with Crippen LogP contribution >= 0.6 is 0 Å². The molecule has 0 unspecified atom stereocenters. The number of hydrogen-bond donors (Lipinski definition) is 2. The van der Waals surface area contributed by atoms with Crippen molar-refractivity contribution >= 4 is 28.5 Å². The Morgan fingerprint density at radius 1 is 1.29 bits per heavy atom. The van der Waals surface area contributed by atoms with E-state index in [9.17, 15) is 0 Å². The Labute approximate surface area is 164 Å². The molecule has 5 heterocycles. The van der Waals surface area contributed by atoms with Gasteiger partial charge in [0.15, 0.2) is 17.0 Å². The number of hydrogen-bond acceptors (Lipinski definition) is 7. The van der Waals surface area contributed by atoms with Crippen molar-refractivity contribution in [2.45, 2.75) is 38.6 Å². The standard InChI is InChI=1S/C20H26N8/c1-13-10-14(11-21)6-9-27(13)17-12-23-18-19(24-17)25-26-20(18)28-8-3-4-15-16(28)5-2-7-22-15/h2,5,7,12-14H,3-4,6,8-11,21H2,1H3,(H,24,25,26)/t13-,14+/m1/s1. The van der Waals surface area contributed by atoms with Gasteiger partial charge in [0.25, 0.3) is 0 Å². The average Bonchev–Trinajstić information content (AvgIpc) is 3.16. The lowest BCUT2D eigenvalue weighted by molar-refractivity contribution is 0.358. The lowest BCUT2D eigenvalue weighted by Gasteiger charge is -2.38. The smallest absolute Gasteiger partial charge is 0.183 e. The highest BCUT2D eigenvalue weighted by molar-refractivity contribution is 5.87. The van der Waals surface area contributed by atoms with Gasteiger partial charge < -0.3 is 15.5 Å². The molecule has 28 heavy (non-hydrogen) atoms. The minimum Gasteiger partial charge on any atom is -0.353 e. The second kappa shape index (κ2) is 7.01. The first kappa shape index (κ1) is 17.4. The summed E-state index contributed by atoms with van der Waals surface area (Å²) in [6.45, 7) is 4.88. The molecule has 0 amide bonds. The van der Waals surface area contributed by atoms with Crippen LogP contribution in [-0.4, -0.2) is 50.8 Å². The molecule has 1 saturated heterocycles. The fraction of sp³-hybridized carbons (Fsp3) is 0.500. The van der Waals surface area contributed by atoms with Gasteiger partial charge in [0.05, 0.1) is 17.6 Å². The Bertz CT molecular complexity index is 983. The predicted molar refractivity (Wildman–Crippen MR) is 110 cm³/mol. The summed E-state index contributed by atoms with van der Waals surface area (Å²) in [5, 5.41) is 7.66. The Kier molecular flexibility index (Phi) is 4.35. The molecule has 2 aliphatic rings. The van der Waals surface area contributed by atoms with Gasteiger partial charge in [-0.05, 0) is 57.2 Å². The number of anilines is 3. The molecule has 0 aliphatic carbocycles. The van der Waals surface area contributed by atoms with Gasteiger partial charge in [-0.1, -0.05) is 0 Å². The maximum Gasteiger partial charge on any atom is 0.183 e. The van der Waals surface area contributed by atoms with E-state index in [1.807, 2.05) is 18.5 Å². The maximum absolute atomic E-state index is 5.86. The summed E-state index contributed by atoms with van der Waals surface area (Å²) in [6, 6.07) is 4.49. The number of nitrogens with two attached hydrogens (primary N) is 1. The average molecular weight is 378 g/mol. The molecule has 0 aromatic carbocycles. The highest BCUT2D eigenvalue weighted by Crippen LogP contribution is 2.34. The second-order valence-corrected chi connectivity index (χ2v) is 7.87. The van der Waals surface area contributed by atoms with Crippen molar-refractivity contribution in [3.05, 3.63) is 30.2 Å². The van der Waals surface area contributed by atoms with Crippen LogP contribution in [0.25, 0.3) is 11.2 Å². The van der Waals surface area contributed by atoms with Crippen LogP contribution in [0.5, 0.6) is 0 Å². The molecule has 3 aromatic heterocycles. The van der Waals surface area contributed by atoms with Crippen molar-refractivity contribution in [1.82, 2.24) is 25.1 Å². The summed E-state index contributed by atoms with van der Waals surface area (Å²) < 4.78 is 0. The topological polar surface area (TPSA) is 99.9 Å². The Morgan fingerprint density at radius 3 is 3.07 bits per heavy atom. The number of pyridine rings is 1. The van der Waals surface area contributed by atoms with Crippen LogP contribution in [0.15, 0.2) is 24.5 Å². The minimum absolute atomic E-state index is 0.413. The van der Waals surface area contributed by atoms with Gasteiger partial charge in [-0.15, -0.1) is 0 Å². The van der Waals surface area contributed by atoms with E-state index in [-0.39, 0.29) is 0 Å². The first-order valence-corrected chi connectivity index (χ1v) is 10.1. The van der Waals surface area contributed by atoms with Crippen LogP contribution in [0.1, 0.15) is 31.9 Å². The number of aryl methyl sites for hydroxylation is 1. The third-order valence-electron chi connectivity index (χ3n) is 6.06. The zero-order chi connectivity index (χ0) is 19.1. The van der Waals surface area contributed by atoms with E-state index < -0.39 is 0 Å². The zero-order valence-corrected chi connectivity index (χ0v) is 16.2. The quantitative estimate of drug-likeness (QED) is 0.722. The van der Waals surface area contributed by atoms with Crippen LogP contribution in [0.4, 0.5) is 17.3 Å². The van der Waals surface area contributed by atoms with Gasteiger partial charge in [0.1, 0.15) is 5.82 Å². The van der Waals surface area contributed by atoms with Crippen molar-refractivity contribution in [2.24, 2.45) is 11.7 Å². The maximum atomic E-state index is 5.86. The van der Waals surface area contributed by atoms with Crippen LogP contribution in [0.2, 0.25) is 0 Å². The molecule has 0 radical (unpaired) electrons. The Hall–Kier alpha value is -2.74. The molecular formula is C20H26N8. The third-order valence-corrected chi connectivity index (χ3v) is 6.06. The Balaban J connectivity index is 1.47. The number of nitrogens with one attached hydrogen (secondary N) is 1. The summed E-state index contributed by atoms with van der Waals surface area (Å²) in [5.74, 6) is 2.35. The molecule has 3 aromatic rings. The molecule has 0 spiro atoms. The van der Waals surface area contributed by atoms with Gasteiger partial charge in [-0.25, -0.2) is 9.97 Å². The molecule has 0 saturated carbocycles. The van der Waals surface area contributed by atoms with Gasteiger partial charge >= 0.3 is 0 Å². The van der Waals surface area contributed by atoms with Crippen molar-refractivity contribution < 1.29 is 0 Å². The van der Waals surface area contributed by atoms with E-state index in [1.165, 1.54) is 0 Å². The molecule has 146 valence electrons. The molecule has 8 nitrogen and oxygen atoms in total. The summed E-state index contributed by atoms with van der Waals surface area (Å²) in [4.78, 5) is 18.7. The minimum atomic E-state index is 0.413. The second-order valence-electron chi connectivity index (χ2n) is 7.87. The highest BCUT2D eigenvalue weighted by Gasteiger charge is 2.27. The first-order chi connectivity index (χ1) is 13.7. The van der Waals surface area contributed by atoms with E-state index in [0.29, 0.717) is 12.0 Å². The van der Waals surface area contributed by atoms with E-state index in [4.69, 9.17) is 15.7 Å². The molecule has 2 aliphatic heterocycles. The van der Waals surface area contributed by atoms with E-state index in [1.54, 1.807) is 0 Å². The Morgan fingerprint density at radius 2 is 2.21 bits per heavy atom. The fourth-order valence-corrected chi connectivity index (χ4v) is 4.54. The molecule has 2 atom stereocenters. The van der Waals surface area contributed by atoms with Gasteiger partial charge in [-0.2, -0.15) is 5.10 Å². The largest absolute Gasteiger partial charge is 0.353 e. The summed E-state index contributed by atoms with van der Waals surface area (Å²) in [5.41, 5.74) is 9.64. The lowest BCUT2D eigenvalue weighted by atomic mass is 9.92. The summed E-state index contributed by atoms with van der Waals surface area (Å²) in [6.07, 6.45) is 7.99. The number of nitrogens with zero attached hydrogens (tertiary/aromatic N) is 6. The summed E-state index contributed by atoms with van der Waals surface area (Å²) in [7, 11) is 0. The fourth-order valence-electron chi connectivity index (χ4n) is 4.54. The number of H-pyrrole nitrogens is 1. The SMILES string of the molecule is C[C@@H]1C[C@@H](CN)CCN1c1cnc2c(N3CCCc4ncccc43)n[nH]c2n1. The molecule has 1 fully saturated rings. The monoisotopic (exact) mass is 378 g/mol.